The second-order valence-corrected chi connectivity index (χ2v) is 9.22. The molecule has 4 atom stereocenters. The van der Waals surface area contributed by atoms with E-state index in [1.165, 1.54) is 0 Å². The van der Waals surface area contributed by atoms with E-state index >= 15 is 0 Å². The van der Waals surface area contributed by atoms with Gasteiger partial charge in [-0.1, -0.05) is 27.7 Å². The fraction of sp³-hybridized carbons (Fsp3) is 0.773. The molecule has 4 amide bonds. The minimum Gasteiger partial charge on any atom is -0.480 e. The van der Waals surface area contributed by atoms with Crippen LogP contribution in [0.5, 0.6) is 0 Å². The molecule has 196 valence electrons. The van der Waals surface area contributed by atoms with Crippen LogP contribution in [0.4, 0.5) is 0 Å². The number of hydrogen-bond acceptors (Lipinski definition) is 7. The van der Waals surface area contributed by atoms with Crippen molar-refractivity contribution in [1.82, 2.24) is 16.0 Å². The van der Waals surface area contributed by atoms with Crippen molar-refractivity contribution in [2.45, 2.75) is 90.4 Å². The molecule has 0 aromatic rings. The van der Waals surface area contributed by atoms with Crippen LogP contribution in [-0.4, -0.2) is 65.4 Å². The highest BCUT2D eigenvalue weighted by molar-refractivity contribution is 5.94. The summed E-state index contributed by atoms with van der Waals surface area (Å²) >= 11 is 0. The minimum absolute atomic E-state index is 0.0275. The number of carboxylic acid groups (broad SMARTS) is 1. The molecule has 0 saturated heterocycles. The number of carbonyl (C=O) groups excluding carboxylic acids is 4. The van der Waals surface area contributed by atoms with Gasteiger partial charge in [0.05, 0.1) is 6.04 Å². The van der Waals surface area contributed by atoms with Crippen molar-refractivity contribution >= 4 is 29.6 Å². The standard InChI is InChI=1S/C22H42N6O6/c1-12(2)11-16(27-19(30)14(24)8-9-17(25)29)21(32)26-15(7-5-6-10-23)20(31)28-18(13(3)4)22(33)34/h12-16,18H,5-11,23-24H2,1-4H3,(H2,25,29)(H,26,32)(H,27,30)(H,28,31)(H,33,34). The number of aliphatic carboxylic acids is 1. The maximum Gasteiger partial charge on any atom is 0.326 e. The van der Waals surface area contributed by atoms with E-state index < -0.39 is 53.8 Å². The lowest BCUT2D eigenvalue weighted by Crippen LogP contribution is -2.57. The van der Waals surface area contributed by atoms with Crippen molar-refractivity contribution in [2.75, 3.05) is 6.54 Å². The van der Waals surface area contributed by atoms with E-state index in [1.807, 2.05) is 13.8 Å². The Hall–Kier alpha value is -2.73. The summed E-state index contributed by atoms with van der Waals surface area (Å²) in [6.45, 7) is 7.46. The molecule has 12 heteroatoms. The molecule has 0 saturated carbocycles. The van der Waals surface area contributed by atoms with E-state index in [0.717, 1.165) is 0 Å². The van der Waals surface area contributed by atoms with Crippen LogP contribution in [-0.2, 0) is 24.0 Å². The molecule has 0 rings (SSSR count). The quantitative estimate of drug-likeness (QED) is 0.125. The summed E-state index contributed by atoms with van der Waals surface area (Å²) in [6, 6.07) is -4.12. The van der Waals surface area contributed by atoms with Gasteiger partial charge >= 0.3 is 5.97 Å². The van der Waals surface area contributed by atoms with Gasteiger partial charge in [-0.3, -0.25) is 19.2 Å². The molecule has 10 N–H and O–H groups in total. The van der Waals surface area contributed by atoms with Crippen LogP contribution in [0.25, 0.3) is 0 Å². The molecule has 0 spiro atoms. The molecule has 0 aliphatic rings. The first-order chi connectivity index (χ1) is 15.8. The van der Waals surface area contributed by atoms with Gasteiger partial charge in [-0.15, -0.1) is 0 Å². The first-order valence-electron chi connectivity index (χ1n) is 11.7. The van der Waals surface area contributed by atoms with Gasteiger partial charge in [0.2, 0.25) is 23.6 Å². The Balaban J connectivity index is 5.48. The Morgan fingerprint density at radius 1 is 0.824 bits per heavy atom. The predicted molar refractivity (Wildman–Crippen MR) is 127 cm³/mol. The first kappa shape index (κ1) is 31.3. The van der Waals surface area contributed by atoms with Gasteiger partial charge in [-0.05, 0) is 50.5 Å². The highest BCUT2D eigenvalue weighted by Gasteiger charge is 2.31. The van der Waals surface area contributed by atoms with Crippen LogP contribution in [0.1, 0.15) is 66.2 Å². The number of primary amides is 1. The largest absolute Gasteiger partial charge is 0.480 e. The maximum absolute atomic E-state index is 13.0. The summed E-state index contributed by atoms with van der Waals surface area (Å²) in [4.78, 5) is 60.8. The number of nitrogens with one attached hydrogen (secondary N) is 3. The van der Waals surface area contributed by atoms with Crippen molar-refractivity contribution in [3.05, 3.63) is 0 Å². The van der Waals surface area contributed by atoms with Crippen LogP contribution in [0.2, 0.25) is 0 Å². The number of hydrogen-bond donors (Lipinski definition) is 7. The Labute approximate surface area is 201 Å². The third-order valence-corrected chi connectivity index (χ3v) is 5.19. The Morgan fingerprint density at radius 2 is 1.38 bits per heavy atom. The summed E-state index contributed by atoms with van der Waals surface area (Å²) in [5.41, 5.74) is 16.4. The molecular weight excluding hydrogens is 444 g/mol. The zero-order valence-electron chi connectivity index (χ0n) is 20.6. The summed E-state index contributed by atoms with van der Waals surface area (Å²) in [5.74, 6) is -3.93. The molecule has 0 aliphatic heterocycles. The fourth-order valence-electron chi connectivity index (χ4n) is 3.21. The van der Waals surface area contributed by atoms with Crippen molar-refractivity contribution in [3.8, 4) is 0 Å². The van der Waals surface area contributed by atoms with Gasteiger partial charge in [0.15, 0.2) is 0 Å². The topological polar surface area (TPSA) is 220 Å². The van der Waals surface area contributed by atoms with Crippen LogP contribution >= 0.6 is 0 Å². The normalized spacial score (nSPS) is 14.7. The number of unbranched alkanes of at least 4 members (excludes halogenated alkanes) is 1. The van der Waals surface area contributed by atoms with Crippen molar-refractivity contribution in [1.29, 1.82) is 0 Å². The van der Waals surface area contributed by atoms with Gasteiger partial charge in [0.1, 0.15) is 18.1 Å². The predicted octanol–water partition coefficient (Wildman–Crippen LogP) is -1.05. The fourth-order valence-corrected chi connectivity index (χ4v) is 3.21. The van der Waals surface area contributed by atoms with Gasteiger partial charge < -0.3 is 38.3 Å². The van der Waals surface area contributed by atoms with Crippen molar-refractivity contribution < 1.29 is 29.1 Å². The molecule has 0 bridgehead atoms. The van der Waals surface area contributed by atoms with E-state index in [4.69, 9.17) is 17.2 Å². The second-order valence-electron chi connectivity index (χ2n) is 9.22. The van der Waals surface area contributed by atoms with E-state index in [2.05, 4.69) is 16.0 Å². The Morgan fingerprint density at radius 3 is 1.85 bits per heavy atom. The van der Waals surface area contributed by atoms with Gasteiger partial charge in [0, 0.05) is 6.42 Å². The molecule has 0 aliphatic carbocycles. The van der Waals surface area contributed by atoms with Gasteiger partial charge in [-0.25, -0.2) is 4.79 Å². The average molecular weight is 487 g/mol. The third-order valence-electron chi connectivity index (χ3n) is 5.19. The third kappa shape index (κ3) is 12.5. The summed E-state index contributed by atoms with van der Waals surface area (Å²) < 4.78 is 0. The molecule has 0 aromatic heterocycles. The SMILES string of the molecule is CC(C)CC(NC(=O)C(N)CCC(N)=O)C(=O)NC(CCCCN)C(=O)NC(C(=O)O)C(C)C. The second kappa shape index (κ2) is 16.0. The zero-order valence-corrected chi connectivity index (χ0v) is 20.6. The van der Waals surface area contributed by atoms with Crippen molar-refractivity contribution in [3.63, 3.8) is 0 Å². The molecular formula is C22H42N6O6. The highest BCUT2D eigenvalue weighted by Crippen LogP contribution is 2.09. The molecule has 0 radical (unpaired) electrons. The summed E-state index contributed by atoms with van der Waals surface area (Å²) in [6.07, 6.45) is 1.65. The number of nitrogens with two attached hydrogens (primary N) is 3. The lowest BCUT2D eigenvalue weighted by atomic mass is 10.00. The van der Waals surface area contributed by atoms with E-state index in [1.54, 1.807) is 13.8 Å². The number of amides is 4. The number of carbonyl (C=O) groups is 5. The molecule has 0 fully saturated rings. The molecule has 34 heavy (non-hydrogen) atoms. The first-order valence-corrected chi connectivity index (χ1v) is 11.7. The molecule has 0 heterocycles. The molecule has 4 unspecified atom stereocenters. The molecule has 12 nitrogen and oxygen atoms in total. The van der Waals surface area contributed by atoms with E-state index in [0.29, 0.717) is 19.4 Å². The summed E-state index contributed by atoms with van der Waals surface area (Å²) in [5, 5.41) is 17.1. The van der Waals surface area contributed by atoms with Crippen LogP contribution in [0.15, 0.2) is 0 Å². The van der Waals surface area contributed by atoms with Gasteiger partial charge in [-0.2, -0.15) is 0 Å². The lowest BCUT2D eigenvalue weighted by Gasteiger charge is -2.26. The Bertz CT molecular complexity index is 699. The van der Waals surface area contributed by atoms with Crippen molar-refractivity contribution in [2.24, 2.45) is 29.0 Å². The lowest BCUT2D eigenvalue weighted by molar-refractivity contribution is -0.143. The van der Waals surface area contributed by atoms with Crippen LogP contribution in [0.3, 0.4) is 0 Å². The highest BCUT2D eigenvalue weighted by atomic mass is 16.4. The summed E-state index contributed by atoms with van der Waals surface area (Å²) in [7, 11) is 0. The monoisotopic (exact) mass is 486 g/mol. The number of carboxylic acids is 1. The zero-order chi connectivity index (χ0) is 26.4. The van der Waals surface area contributed by atoms with Crippen LogP contribution < -0.4 is 33.2 Å². The maximum atomic E-state index is 13.0. The average Bonchev–Trinajstić information content (AvgIpc) is 2.73. The van der Waals surface area contributed by atoms with E-state index in [9.17, 15) is 29.1 Å². The molecule has 0 aromatic carbocycles. The van der Waals surface area contributed by atoms with Crippen LogP contribution in [0, 0.1) is 11.8 Å². The number of rotatable bonds is 17. The smallest absolute Gasteiger partial charge is 0.326 e. The Kier molecular flexibility index (Phi) is 14.7. The van der Waals surface area contributed by atoms with Gasteiger partial charge in [0.25, 0.3) is 0 Å². The minimum atomic E-state index is -1.18. The van der Waals surface area contributed by atoms with E-state index in [-0.39, 0.29) is 37.5 Å².